The van der Waals surface area contributed by atoms with Crippen LogP contribution in [0.4, 0.5) is 0 Å². The number of amides is 1. The van der Waals surface area contributed by atoms with Crippen molar-refractivity contribution in [3.05, 3.63) is 58.3 Å². The number of nitrogens with zero attached hydrogens (tertiary/aromatic N) is 2. The van der Waals surface area contributed by atoms with E-state index >= 15 is 0 Å². The van der Waals surface area contributed by atoms with Crippen molar-refractivity contribution in [3.8, 4) is 0 Å². The van der Waals surface area contributed by atoms with Crippen molar-refractivity contribution in [2.45, 2.75) is 57.7 Å². The molecule has 1 saturated heterocycles. The molecule has 2 aromatic rings. The van der Waals surface area contributed by atoms with E-state index in [0.717, 1.165) is 13.0 Å². The fourth-order valence-electron chi connectivity index (χ4n) is 4.22. The van der Waals surface area contributed by atoms with Gasteiger partial charge in [-0.25, -0.2) is 0 Å². The lowest BCUT2D eigenvalue weighted by atomic mass is 9.74. The molecular formula is C24H34N2O2S. The molecule has 0 saturated carbocycles. The van der Waals surface area contributed by atoms with E-state index in [1.807, 2.05) is 30.1 Å². The maximum atomic E-state index is 13.0. The van der Waals surface area contributed by atoms with E-state index in [2.05, 4.69) is 55.3 Å². The number of β-amino-alcohol motifs (C(OH)–C–C–N with tert-alkyl or cyclic N) is 1. The van der Waals surface area contributed by atoms with E-state index in [4.69, 9.17) is 0 Å². The van der Waals surface area contributed by atoms with E-state index < -0.39 is 6.10 Å². The van der Waals surface area contributed by atoms with Crippen LogP contribution in [-0.4, -0.2) is 53.1 Å². The number of likely N-dealkylation sites (N-methyl/N-ethyl adjacent to an activating group) is 1. The van der Waals surface area contributed by atoms with Gasteiger partial charge in [-0.05, 0) is 36.4 Å². The van der Waals surface area contributed by atoms with Gasteiger partial charge in [-0.1, -0.05) is 57.2 Å². The SMILES string of the molecule is CC(C)C(C)(CCC(=O)N1CC(O)C(N(C)Cc2ccccc2)C1)c1cccs1. The predicted octanol–water partition coefficient (Wildman–Crippen LogP) is 4.15. The van der Waals surface area contributed by atoms with Gasteiger partial charge in [-0.3, -0.25) is 9.69 Å². The Kier molecular flexibility index (Phi) is 7.14. The molecule has 2 heterocycles. The quantitative estimate of drug-likeness (QED) is 0.706. The number of aliphatic hydroxyl groups excluding tert-OH is 1. The van der Waals surface area contributed by atoms with E-state index in [1.54, 1.807) is 11.3 Å². The van der Waals surface area contributed by atoms with Gasteiger partial charge in [0, 0.05) is 36.3 Å². The summed E-state index contributed by atoms with van der Waals surface area (Å²) < 4.78 is 0. The molecule has 3 rings (SSSR count). The first-order valence-corrected chi connectivity index (χ1v) is 11.4. The molecule has 1 N–H and O–H groups in total. The summed E-state index contributed by atoms with van der Waals surface area (Å²) in [7, 11) is 2.03. The number of thiophene rings is 1. The van der Waals surface area contributed by atoms with Crippen molar-refractivity contribution in [1.82, 2.24) is 9.80 Å². The van der Waals surface area contributed by atoms with Gasteiger partial charge in [0.15, 0.2) is 0 Å². The molecule has 0 aliphatic carbocycles. The predicted molar refractivity (Wildman–Crippen MR) is 120 cm³/mol. The van der Waals surface area contributed by atoms with Crippen LogP contribution in [0.3, 0.4) is 0 Å². The lowest BCUT2D eigenvalue weighted by Gasteiger charge is -2.33. The van der Waals surface area contributed by atoms with Crippen molar-refractivity contribution in [2.24, 2.45) is 5.92 Å². The molecule has 0 spiro atoms. The number of benzene rings is 1. The summed E-state index contributed by atoms with van der Waals surface area (Å²) >= 11 is 1.78. The fourth-order valence-corrected chi connectivity index (χ4v) is 5.29. The molecule has 0 bridgehead atoms. The van der Waals surface area contributed by atoms with Crippen LogP contribution >= 0.6 is 11.3 Å². The number of carbonyl (C=O) groups is 1. The molecule has 1 aromatic heterocycles. The van der Waals surface area contributed by atoms with Gasteiger partial charge >= 0.3 is 0 Å². The molecule has 1 aromatic carbocycles. The zero-order chi connectivity index (χ0) is 21.0. The normalized spacial score (nSPS) is 21.7. The molecule has 1 amide bonds. The van der Waals surface area contributed by atoms with Gasteiger partial charge in [0.05, 0.1) is 12.1 Å². The Hall–Kier alpha value is -1.69. The maximum absolute atomic E-state index is 13.0. The summed E-state index contributed by atoms with van der Waals surface area (Å²) in [5, 5.41) is 12.7. The molecule has 3 atom stereocenters. The minimum atomic E-state index is -0.499. The van der Waals surface area contributed by atoms with Crippen molar-refractivity contribution in [2.75, 3.05) is 20.1 Å². The Morgan fingerprint density at radius 2 is 1.97 bits per heavy atom. The van der Waals surface area contributed by atoms with E-state index in [9.17, 15) is 9.90 Å². The molecule has 4 nitrogen and oxygen atoms in total. The molecular weight excluding hydrogens is 380 g/mol. The maximum Gasteiger partial charge on any atom is 0.222 e. The summed E-state index contributed by atoms with van der Waals surface area (Å²) in [6.45, 7) is 8.54. The van der Waals surface area contributed by atoms with E-state index in [1.165, 1.54) is 10.4 Å². The lowest BCUT2D eigenvalue weighted by Crippen LogP contribution is -2.40. The zero-order valence-corrected chi connectivity index (χ0v) is 18.9. The van der Waals surface area contributed by atoms with Gasteiger partial charge in [0.1, 0.15) is 0 Å². The first-order valence-electron chi connectivity index (χ1n) is 10.5. The largest absolute Gasteiger partial charge is 0.390 e. The second-order valence-electron chi connectivity index (χ2n) is 8.88. The first kappa shape index (κ1) is 22.0. The molecule has 158 valence electrons. The third kappa shape index (κ3) is 5.08. The minimum Gasteiger partial charge on any atom is -0.390 e. The van der Waals surface area contributed by atoms with Gasteiger partial charge < -0.3 is 10.0 Å². The highest BCUT2D eigenvalue weighted by molar-refractivity contribution is 7.10. The Bertz CT molecular complexity index is 777. The zero-order valence-electron chi connectivity index (χ0n) is 18.0. The average Bonchev–Trinajstić information content (AvgIpc) is 3.36. The van der Waals surface area contributed by atoms with Crippen molar-refractivity contribution in [3.63, 3.8) is 0 Å². The number of carbonyl (C=O) groups excluding carboxylic acids is 1. The van der Waals surface area contributed by atoms with Crippen molar-refractivity contribution >= 4 is 17.2 Å². The van der Waals surface area contributed by atoms with Crippen LogP contribution in [0.15, 0.2) is 47.8 Å². The molecule has 3 unspecified atom stereocenters. The average molecular weight is 415 g/mol. The van der Waals surface area contributed by atoms with Gasteiger partial charge in [0.25, 0.3) is 0 Å². The lowest BCUT2D eigenvalue weighted by molar-refractivity contribution is -0.131. The summed E-state index contributed by atoms with van der Waals surface area (Å²) in [4.78, 5) is 18.3. The first-order chi connectivity index (χ1) is 13.8. The summed E-state index contributed by atoms with van der Waals surface area (Å²) in [5.41, 5.74) is 1.22. The number of hydrogen-bond donors (Lipinski definition) is 1. The van der Waals surface area contributed by atoms with Gasteiger partial charge in [0.2, 0.25) is 5.91 Å². The number of likely N-dealkylation sites (tertiary alicyclic amines) is 1. The van der Waals surface area contributed by atoms with E-state index in [-0.39, 0.29) is 17.4 Å². The van der Waals surface area contributed by atoms with Gasteiger partial charge in [-0.15, -0.1) is 11.3 Å². The highest BCUT2D eigenvalue weighted by Crippen LogP contribution is 2.39. The minimum absolute atomic E-state index is 0.00562. The van der Waals surface area contributed by atoms with E-state index in [0.29, 0.717) is 25.4 Å². The summed E-state index contributed by atoms with van der Waals surface area (Å²) in [5.74, 6) is 0.617. The number of rotatable bonds is 8. The second kappa shape index (κ2) is 9.41. The smallest absolute Gasteiger partial charge is 0.222 e. The Labute approximate surface area is 179 Å². The molecule has 1 fully saturated rings. The number of aliphatic hydroxyl groups is 1. The Balaban J connectivity index is 1.58. The van der Waals surface area contributed by atoms with Crippen molar-refractivity contribution in [1.29, 1.82) is 0 Å². The molecule has 1 aliphatic heterocycles. The molecule has 29 heavy (non-hydrogen) atoms. The van der Waals surface area contributed by atoms with Crippen LogP contribution < -0.4 is 0 Å². The third-order valence-corrected chi connectivity index (χ3v) is 7.82. The Morgan fingerprint density at radius 3 is 2.59 bits per heavy atom. The second-order valence-corrected chi connectivity index (χ2v) is 9.83. The van der Waals surface area contributed by atoms with Crippen molar-refractivity contribution < 1.29 is 9.90 Å². The van der Waals surface area contributed by atoms with Crippen LogP contribution in [0.2, 0.25) is 0 Å². The number of hydrogen-bond acceptors (Lipinski definition) is 4. The van der Waals surface area contributed by atoms with Crippen LogP contribution in [0.5, 0.6) is 0 Å². The Morgan fingerprint density at radius 1 is 1.24 bits per heavy atom. The molecule has 1 aliphatic rings. The topological polar surface area (TPSA) is 43.8 Å². The summed E-state index contributed by atoms with van der Waals surface area (Å²) in [6, 6.07) is 14.5. The van der Waals surface area contributed by atoms with Crippen LogP contribution in [0, 0.1) is 5.92 Å². The van der Waals surface area contributed by atoms with Crippen LogP contribution in [0.1, 0.15) is 44.1 Å². The van der Waals surface area contributed by atoms with Crippen LogP contribution in [-0.2, 0) is 16.8 Å². The highest BCUT2D eigenvalue weighted by atomic mass is 32.1. The highest BCUT2D eigenvalue weighted by Gasteiger charge is 2.38. The fraction of sp³-hybridized carbons (Fsp3) is 0.542. The monoisotopic (exact) mass is 414 g/mol. The third-order valence-electron chi connectivity index (χ3n) is 6.67. The van der Waals surface area contributed by atoms with Crippen LogP contribution in [0.25, 0.3) is 0 Å². The standard InChI is InChI=1S/C24H34N2O2S/c1-18(2)24(3,22-11-8-14-29-22)13-12-23(28)26-16-20(21(27)17-26)25(4)15-19-9-6-5-7-10-19/h5-11,14,18,20-21,27H,12-13,15-17H2,1-4H3. The molecule has 5 heteroatoms. The molecule has 0 radical (unpaired) electrons. The van der Waals surface area contributed by atoms with Gasteiger partial charge in [-0.2, -0.15) is 0 Å². The summed E-state index contributed by atoms with van der Waals surface area (Å²) in [6.07, 6.45) is 0.858.